The van der Waals surface area contributed by atoms with Crippen molar-refractivity contribution in [3.8, 4) is 11.3 Å². The first kappa shape index (κ1) is 26.3. The molecule has 7 nitrogen and oxygen atoms in total. The van der Waals surface area contributed by atoms with Crippen LogP contribution in [0.25, 0.3) is 16.8 Å². The molecular weight excluding hydrogens is 488 g/mol. The molecule has 200 valence electrons. The first-order valence-electron chi connectivity index (χ1n) is 12.8. The highest BCUT2D eigenvalue weighted by atomic mass is 19.1. The van der Waals surface area contributed by atoms with E-state index < -0.39 is 22.8 Å². The van der Waals surface area contributed by atoms with E-state index >= 15 is 8.78 Å². The topological polar surface area (TPSA) is 110 Å². The predicted octanol–water partition coefficient (Wildman–Crippen LogP) is 4.48. The standard InChI is InChI=1S/C29H33F2N5O2/c1-16-9-17(10-25(32)29(16,4)38)21-7-8-33-14-18(21)11-26-34-15-20-5-6-24(35-36(20)26)27-22(30)12-19(13-23(27)31)28(2,3)37/h5-8,12-17,25,37-38H,9-11,32H2,1-4H3/t16-,17+,25+,29+/m0/s1. The lowest BCUT2D eigenvalue weighted by Gasteiger charge is -2.44. The molecule has 1 fully saturated rings. The van der Waals surface area contributed by atoms with E-state index in [-0.39, 0.29) is 34.7 Å². The molecule has 5 rings (SSSR count). The fourth-order valence-electron chi connectivity index (χ4n) is 5.44. The van der Waals surface area contributed by atoms with Crippen molar-refractivity contribution in [3.63, 3.8) is 0 Å². The number of nitrogens with two attached hydrogens (primary N) is 1. The number of pyridine rings is 1. The van der Waals surface area contributed by atoms with Crippen LogP contribution in [-0.4, -0.2) is 41.4 Å². The Labute approximate surface area is 220 Å². The van der Waals surface area contributed by atoms with Gasteiger partial charge in [0, 0.05) is 24.9 Å². The molecule has 1 saturated carbocycles. The first-order chi connectivity index (χ1) is 17.9. The van der Waals surface area contributed by atoms with Gasteiger partial charge in [-0.1, -0.05) is 6.92 Å². The van der Waals surface area contributed by atoms with Gasteiger partial charge in [-0.3, -0.25) is 4.98 Å². The van der Waals surface area contributed by atoms with Crippen LogP contribution >= 0.6 is 0 Å². The summed E-state index contributed by atoms with van der Waals surface area (Å²) in [5.74, 6) is -0.815. The quantitative estimate of drug-likeness (QED) is 0.357. The van der Waals surface area contributed by atoms with E-state index in [2.05, 4.69) is 15.1 Å². The van der Waals surface area contributed by atoms with Crippen LogP contribution in [0.3, 0.4) is 0 Å². The Kier molecular flexibility index (Phi) is 6.57. The Morgan fingerprint density at radius 3 is 2.50 bits per heavy atom. The number of fused-ring (bicyclic) bond motifs is 1. The van der Waals surface area contributed by atoms with Crippen LogP contribution in [0, 0.1) is 17.6 Å². The summed E-state index contributed by atoms with van der Waals surface area (Å²) < 4.78 is 31.6. The molecule has 0 amide bonds. The van der Waals surface area contributed by atoms with E-state index in [9.17, 15) is 10.2 Å². The Morgan fingerprint density at radius 1 is 1.13 bits per heavy atom. The molecular formula is C29H33F2N5O2. The SMILES string of the molecule is C[C@H]1C[C@@H](c2ccncc2Cc2ncc3ccc(-c4c(F)cc(C(C)(C)O)cc4F)nn23)C[C@@H](N)[C@]1(C)O. The predicted molar refractivity (Wildman–Crippen MR) is 140 cm³/mol. The molecule has 4 N–H and O–H groups in total. The third-order valence-corrected chi connectivity index (χ3v) is 8.11. The van der Waals surface area contributed by atoms with Gasteiger partial charge in [0.15, 0.2) is 0 Å². The minimum atomic E-state index is -1.38. The number of aliphatic hydroxyl groups is 2. The molecule has 4 atom stereocenters. The third kappa shape index (κ3) is 4.70. The van der Waals surface area contributed by atoms with E-state index in [1.807, 2.05) is 13.0 Å². The van der Waals surface area contributed by atoms with E-state index in [0.29, 0.717) is 24.2 Å². The number of halogens is 2. The summed E-state index contributed by atoms with van der Waals surface area (Å²) in [6.45, 7) is 6.77. The van der Waals surface area contributed by atoms with Crippen molar-refractivity contribution >= 4 is 5.52 Å². The zero-order chi connectivity index (χ0) is 27.4. The van der Waals surface area contributed by atoms with Crippen molar-refractivity contribution in [2.24, 2.45) is 11.7 Å². The van der Waals surface area contributed by atoms with Crippen LogP contribution in [0.2, 0.25) is 0 Å². The summed E-state index contributed by atoms with van der Waals surface area (Å²) in [7, 11) is 0. The molecule has 0 radical (unpaired) electrons. The normalized spacial score (nSPS) is 24.2. The largest absolute Gasteiger partial charge is 0.388 e. The maximum absolute atomic E-state index is 15.0. The molecule has 1 aromatic carbocycles. The maximum atomic E-state index is 15.0. The molecule has 9 heteroatoms. The van der Waals surface area contributed by atoms with Gasteiger partial charge in [-0.05, 0) is 92.5 Å². The Morgan fingerprint density at radius 2 is 1.84 bits per heavy atom. The summed E-state index contributed by atoms with van der Waals surface area (Å²) in [5.41, 5.74) is 6.80. The van der Waals surface area contributed by atoms with E-state index in [0.717, 1.165) is 29.7 Å². The molecule has 3 aromatic heterocycles. The fourth-order valence-corrected chi connectivity index (χ4v) is 5.44. The highest BCUT2D eigenvalue weighted by Gasteiger charge is 2.42. The Balaban J connectivity index is 1.50. The monoisotopic (exact) mass is 521 g/mol. The highest BCUT2D eigenvalue weighted by Crippen LogP contribution is 2.42. The smallest absolute Gasteiger partial charge is 0.136 e. The zero-order valence-electron chi connectivity index (χ0n) is 22.0. The van der Waals surface area contributed by atoms with Crippen LogP contribution in [0.15, 0.2) is 48.9 Å². The number of rotatable bonds is 5. The number of hydrogen-bond acceptors (Lipinski definition) is 6. The van der Waals surface area contributed by atoms with Gasteiger partial charge in [-0.15, -0.1) is 0 Å². The van der Waals surface area contributed by atoms with Gasteiger partial charge >= 0.3 is 0 Å². The van der Waals surface area contributed by atoms with Crippen molar-refractivity contribution in [1.82, 2.24) is 19.6 Å². The van der Waals surface area contributed by atoms with Crippen molar-refractivity contribution in [1.29, 1.82) is 0 Å². The van der Waals surface area contributed by atoms with Gasteiger partial charge in [0.2, 0.25) is 0 Å². The molecule has 0 unspecified atom stereocenters. The maximum Gasteiger partial charge on any atom is 0.136 e. The molecule has 0 bridgehead atoms. The van der Waals surface area contributed by atoms with E-state index in [4.69, 9.17) is 5.73 Å². The average molecular weight is 522 g/mol. The summed E-state index contributed by atoms with van der Waals surface area (Å²) in [5, 5.41) is 25.5. The van der Waals surface area contributed by atoms with Crippen LogP contribution in [-0.2, 0) is 12.0 Å². The molecule has 0 aliphatic heterocycles. The molecule has 38 heavy (non-hydrogen) atoms. The fraction of sp³-hybridized carbons (Fsp3) is 0.414. The van der Waals surface area contributed by atoms with Crippen molar-refractivity contribution in [2.75, 3.05) is 0 Å². The number of hydrogen-bond donors (Lipinski definition) is 3. The minimum Gasteiger partial charge on any atom is -0.388 e. The summed E-state index contributed by atoms with van der Waals surface area (Å²) in [6, 6.07) is 7.18. The Bertz CT molecular complexity index is 1460. The molecule has 0 spiro atoms. The van der Waals surface area contributed by atoms with Gasteiger partial charge in [0.25, 0.3) is 0 Å². The van der Waals surface area contributed by atoms with Crippen LogP contribution in [0.4, 0.5) is 8.78 Å². The third-order valence-electron chi connectivity index (χ3n) is 8.11. The minimum absolute atomic E-state index is 0.0290. The zero-order valence-corrected chi connectivity index (χ0v) is 22.0. The highest BCUT2D eigenvalue weighted by molar-refractivity contribution is 5.63. The lowest BCUT2D eigenvalue weighted by Crippen LogP contribution is -2.54. The second-order valence-electron chi connectivity index (χ2n) is 11.3. The van der Waals surface area contributed by atoms with Gasteiger partial charge in [0.05, 0.1) is 34.2 Å². The number of aromatic nitrogens is 4. The van der Waals surface area contributed by atoms with Crippen LogP contribution in [0.5, 0.6) is 0 Å². The second-order valence-corrected chi connectivity index (χ2v) is 11.3. The van der Waals surface area contributed by atoms with Gasteiger partial charge in [0.1, 0.15) is 17.5 Å². The van der Waals surface area contributed by atoms with Crippen molar-refractivity contribution in [3.05, 3.63) is 83.1 Å². The van der Waals surface area contributed by atoms with Gasteiger partial charge in [-0.2, -0.15) is 5.10 Å². The van der Waals surface area contributed by atoms with E-state index in [1.54, 1.807) is 42.2 Å². The molecule has 1 aliphatic carbocycles. The second kappa shape index (κ2) is 9.48. The van der Waals surface area contributed by atoms with E-state index in [1.165, 1.54) is 13.8 Å². The van der Waals surface area contributed by atoms with Crippen LogP contribution in [0.1, 0.15) is 69.0 Å². The molecule has 3 heterocycles. The molecule has 4 aromatic rings. The number of benzene rings is 1. The lowest BCUT2D eigenvalue weighted by molar-refractivity contribution is -0.0464. The summed E-state index contributed by atoms with van der Waals surface area (Å²) in [6.07, 6.45) is 7.08. The number of imidazole rings is 1. The van der Waals surface area contributed by atoms with Gasteiger partial charge in [-0.25, -0.2) is 18.3 Å². The first-order valence-corrected chi connectivity index (χ1v) is 12.8. The summed E-state index contributed by atoms with van der Waals surface area (Å²) in [4.78, 5) is 8.87. The van der Waals surface area contributed by atoms with Crippen molar-refractivity contribution < 1.29 is 19.0 Å². The van der Waals surface area contributed by atoms with Gasteiger partial charge < -0.3 is 15.9 Å². The van der Waals surface area contributed by atoms with Crippen LogP contribution < -0.4 is 5.73 Å². The number of nitrogens with zero attached hydrogens (tertiary/aromatic N) is 4. The average Bonchev–Trinajstić information content (AvgIpc) is 3.24. The summed E-state index contributed by atoms with van der Waals surface area (Å²) >= 11 is 0. The molecule has 0 saturated heterocycles. The lowest BCUT2D eigenvalue weighted by atomic mass is 9.67. The van der Waals surface area contributed by atoms with Crippen molar-refractivity contribution in [2.45, 2.75) is 70.1 Å². The molecule has 1 aliphatic rings. The Hall–Kier alpha value is -3.27.